The summed E-state index contributed by atoms with van der Waals surface area (Å²) < 4.78 is 0. The van der Waals surface area contributed by atoms with Gasteiger partial charge in [-0.1, -0.05) is 30.3 Å². The van der Waals surface area contributed by atoms with Crippen LogP contribution < -0.4 is 0 Å². The number of hydrogen-bond donors (Lipinski definition) is 1. The van der Waals surface area contributed by atoms with Crippen molar-refractivity contribution in [3.63, 3.8) is 0 Å². The Morgan fingerprint density at radius 1 is 1.19 bits per heavy atom. The molecule has 0 aliphatic carbocycles. The predicted octanol–water partition coefficient (Wildman–Crippen LogP) is 2.77. The number of carboxylic acid groups (broad SMARTS) is 1. The molecular formula is C17H20N2O2. The quantitative estimate of drug-likeness (QED) is 0.849. The molecule has 1 heterocycles. The normalized spacial score (nSPS) is 12.3. The summed E-state index contributed by atoms with van der Waals surface area (Å²) in [4.78, 5) is 17.2. The number of carboxylic acids is 1. The summed E-state index contributed by atoms with van der Waals surface area (Å²) in [5, 5.41) is 9.14. The minimum Gasteiger partial charge on any atom is -0.481 e. The number of aliphatic carboxylic acids is 1. The molecule has 21 heavy (non-hydrogen) atoms. The van der Waals surface area contributed by atoms with Gasteiger partial charge in [-0.05, 0) is 36.7 Å². The van der Waals surface area contributed by atoms with Crippen LogP contribution >= 0.6 is 0 Å². The number of hydrogen-bond acceptors (Lipinski definition) is 3. The molecule has 110 valence electrons. The van der Waals surface area contributed by atoms with Crippen molar-refractivity contribution in [2.75, 3.05) is 13.6 Å². The molecule has 4 heteroatoms. The van der Waals surface area contributed by atoms with Crippen LogP contribution in [0.4, 0.5) is 0 Å². The molecule has 1 unspecified atom stereocenters. The monoisotopic (exact) mass is 284 g/mol. The molecule has 0 bridgehead atoms. The summed E-state index contributed by atoms with van der Waals surface area (Å²) in [6.07, 6.45) is 4.54. The van der Waals surface area contributed by atoms with Gasteiger partial charge in [0.2, 0.25) is 0 Å². The van der Waals surface area contributed by atoms with E-state index in [-0.39, 0.29) is 12.5 Å². The van der Waals surface area contributed by atoms with Crippen molar-refractivity contribution in [1.29, 1.82) is 0 Å². The Kier molecular flexibility index (Phi) is 5.46. The lowest BCUT2D eigenvalue weighted by Crippen LogP contribution is -2.28. The second kappa shape index (κ2) is 7.55. The van der Waals surface area contributed by atoms with Crippen molar-refractivity contribution in [3.8, 4) is 0 Å². The first-order valence-electron chi connectivity index (χ1n) is 7.02. The van der Waals surface area contributed by atoms with E-state index in [1.165, 1.54) is 5.56 Å². The van der Waals surface area contributed by atoms with Gasteiger partial charge in [-0.3, -0.25) is 14.7 Å². The fourth-order valence-corrected chi connectivity index (χ4v) is 2.38. The second-order valence-corrected chi connectivity index (χ2v) is 5.11. The van der Waals surface area contributed by atoms with Crippen molar-refractivity contribution >= 4 is 5.97 Å². The van der Waals surface area contributed by atoms with E-state index < -0.39 is 5.97 Å². The summed E-state index contributed by atoms with van der Waals surface area (Å²) in [6, 6.07) is 13.7. The highest BCUT2D eigenvalue weighted by atomic mass is 16.4. The zero-order chi connectivity index (χ0) is 15.1. The number of likely N-dealkylation sites (N-methyl/N-ethyl adjacent to an activating group) is 1. The van der Waals surface area contributed by atoms with Gasteiger partial charge >= 0.3 is 5.97 Å². The van der Waals surface area contributed by atoms with Gasteiger partial charge in [0.15, 0.2) is 0 Å². The van der Waals surface area contributed by atoms with Gasteiger partial charge in [0, 0.05) is 25.0 Å². The standard InChI is InChI=1S/C17H20N2O2/c1-19(12-9-14-7-10-18-11-8-14)16(13-17(20)21)15-5-3-2-4-6-15/h2-8,10-11,16H,9,12-13H2,1H3,(H,20,21). The van der Waals surface area contributed by atoms with E-state index in [0.29, 0.717) is 0 Å². The Labute approximate surface area is 125 Å². The molecule has 0 saturated carbocycles. The minimum absolute atomic E-state index is 0.106. The maximum atomic E-state index is 11.1. The molecule has 0 spiro atoms. The van der Waals surface area contributed by atoms with Gasteiger partial charge in [-0.25, -0.2) is 0 Å². The lowest BCUT2D eigenvalue weighted by atomic mass is 10.0. The van der Waals surface area contributed by atoms with Crippen LogP contribution in [0.25, 0.3) is 0 Å². The molecular weight excluding hydrogens is 264 g/mol. The van der Waals surface area contributed by atoms with E-state index in [1.54, 1.807) is 12.4 Å². The average molecular weight is 284 g/mol. The van der Waals surface area contributed by atoms with Crippen molar-refractivity contribution < 1.29 is 9.90 Å². The maximum absolute atomic E-state index is 11.1. The second-order valence-electron chi connectivity index (χ2n) is 5.11. The van der Waals surface area contributed by atoms with E-state index in [9.17, 15) is 4.79 Å². The lowest BCUT2D eigenvalue weighted by Gasteiger charge is -2.27. The molecule has 0 amide bonds. The SMILES string of the molecule is CN(CCc1ccncc1)C(CC(=O)O)c1ccccc1. The van der Waals surface area contributed by atoms with Gasteiger partial charge in [0.25, 0.3) is 0 Å². The fourth-order valence-electron chi connectivity index (χ4n) is 2.38. The highest BCUT2D eigenvalue weighted by Gasteiger charge is 2.19. The lowest BCUT2D eigenvalue weighted by molar-refractivity contribution is -0.138. The van der Waals surface area contributed by atoms with E-state index in [2.05, 4.69) is 9.88 Å². The van der Waals surface area contributed by atoms with E-state index in [0.717, 1.165) is 18.5 Å². The van der Waals surface area contributed by atoms with E-state index >= 15 is 0 Å². The third-order valence-electron chi connectivity index (χ3n) is 3.59. The number of aromatic nitrogens is 1. The first kappa shape index (κ1) is 15.2. The number of nitrogens with zero attached hydrogens (tertiary/aromatic N) is 2. The van der Waals surface area contributed by atoms with Gasteiger partial charge in [-0.2, -0.15) is 0 Å². The van der Waals surface area contributed by atoms with Crippen LogP contribution in [0.1, 0.15) is 23.6 Å². The molecule has 0 radical (unpaired) electrons. The Balaban J connectivity index is 2.04. The molecule has 2 aromatic rings. The average Bonchev–Trinajstić information content (AvgIpc) is 2.52. The van der Waals surface area contributed by atoms with Crippen molar-refractivity contribution in [1.82, 2.24) is 9.88 Å². The molecule has 0 aliphatic rings. The van der Waals surface area contributed by atoms with Crippen LogP contribution in [0.2, 0.25) is 0 Å². The number of carbonyl (C=O) groups is 1. The molecule has 1 aromatic carbocycles. The molecule has 1 aromatic heterocycles. The van der Waals surface area contributed by atoms with Gasteiger partial charge in [0.05, 0.1) is 6.42 Å². The Morgan fingerprint density at radius 3 is 2.48 bits per heavy atom. The first-order valence-corrected chi connectivity index (χ1v) is 7.02. The van der Waals surface area contributed by atoms with E-state index in [1.807, 2.05) is 49.5 Å². The number of benzene rings is 1. The first-order chi connectivity index (χ1) is 10.2. The van der Waals surface area contributed by atoms with Crippen LogP contribution in [0, 0.1) is 0 Å². The van der Waals surface area contributed by atoms with Crippen LogP contribution in [0.3, 0.4) is 0 Å². The summed E-state index contributed by atoms with van der Waals surface area (Å²) in [6.45, 7) is 0.802. The summed E-state index contributed by atoms with van der Waals surface area (Å²) in [7, 11) is 1.97. The maximum Gasteiger partial charge on any atom is 0.305 e. The molecule has 0 saturated heterocycles. The predicted molar refractivity (Wildman–Crippen MR) is 82.0 cm³/mol. The Bertz CT molecular complexity index is 558. The highest BCUT2D eigenvalue weighted by molar-refractivity contribution is 5.67. The summed E-state index contributed by atoms with van der Waals surface area (Å²) in [5.41, 5.74) is 2.25. The Hall–Kier alpha value is -2.20. The molecule has 1 N–H and O–H groups in total. The van der Waals surface area contributed by atoms with Gasteiger partial charge < -0.3 is 5.11 Å². The highest BCUT2D eigenvalue weighted by Crippen LogP contribution is 2.23. The minimum atomic E-state index is -0.778. The van der Waals surface area contributed by atoms with Crippen LogP contribution in [0.5, 0.6) is 0 Å². The van der Waals surface area contributed by atoms with Crippen molar-refractivity contribution in [2.24, 2.45) is 0 Å². The van der Waals surface area contributed by atoms with Crippen LogP contribution in [-0.4, -0.2) is 34.6 Å². The van der Waals surface area contributed by atoms with Crippen molar-refractivity contribution in [3.05, 3.63) is 66.0 Å². The summed E-state index contributed by atoms with van der Waals surface area (Å²) >= 11 is 0. The van der Waals surface area contributed by atoms with Gasteiger partial charge in [0.1, 0.15) is 0 Å². The number of pyridine rings is 1. The van der Waals surface area contributed by atoms with Crippen LogP contribution in [-0.2, 0) is 11.2 Å². The third kappa shape index (κ3) is 4.68. The summed E-state index contributed by atoms with van der Waals surface area (Å²) in [5.74, 6) is -0.778. The third-order valence-corrected chi connectivity index (χ3v) is 3.59. The molecule has 4 nitrogen and oxygen atoms in total. The Morgan fingerprint density at radius 2 is 1.86 bits per heavy atom. The zero-order valence-corrected chi connectivity index (χ0v) is 12.1. The number of rotatable bonds is 7. The topological polar surface area (TPSA) is 53.4 Å². The zero-order valence-electron chi connectivity index (χ0n) is 12.1. The van der Waals surface area contributed by atoms with E-state index in [4.69, 9.17) is 5.11 Å². The largest absolute Gasteiger partial charge is 0.481 e. The molecule has 0 fully saturated rings. The van der Waals surface area contributed by atoms with Gasteiger partial charge in [-0.15, -0.1) is 0 Å². The molecule has 2 rings (SSSR count). The smallest absolute Gasteiger partial charge is 0.305 e. The van der Waals surface area contributed by atoms with Crippen molar-refractivity contribution in [2.45, 2.75) is 18.9 Å². The molecule has 0 aliphatic heterocycles. The fraction of sp³-hybridized carbons (Fsp3) is 0.294. The molecule has 1 atom stereocenters. The van der Waals surface area contributed by atoms with Crippen LogP contribution in [0.15, 0.2) is 54.9 Å².